The van der Waals surface area contributed by atoms with Crippen LogP contribution in [-0.2, 0) is 19.3 Å². The second-order valence-corrected chi connectivity index (χ2v) is 8.34. The molecule has 30 heavy (non-hydrogen) atoms. The van der Waals surface area contributed by atoms with E-state index in [1.54, 1.807) is 30.3 Å². The van der Waals surface area contributed by atoms with Gasteiger partial charge in [-0.25, -0.2) is 4.98 Å². The zero-order valence-electron chi connectivity index (χ0n) is 18.6. The molecule has 0 aliphatic heterocycles. The Labute approximate surface area is 201 Å². The van der Waals surface area contributed by atoms with Gasteiger partial charge in [0.05, 0.1) is 10.7 Å². The van der Waals surface area contributed by atoms with Gasteiger partial charge in [-0.1, -0.05) is 19.1 Å². The Hall–Kier alpha value is -1.68. The number of benzene rings is 1. The van der Waals surface area contributed by atoms with Crippen molar-refractivity contribution in [2.24, 2.45) is 4.99 Å². The van der Waals surface area contributed by atoms with Gasteiger partial charge >= 0.3 is 0 Å². The summed E-state index contributed by atoms with van der Waals surface area (Å²) in [4.78, 5) is 24.4. The van der Waals surface area contributed by atoms with Gasteiger partial charge in [-0.2, -0.15) is 0 Å². The van der Waals surface area contributed by atoms with Crippen LogP contribution in [-0.4, -0.2) is 55.5 Å². The number of nitrogens with zero attached hydrogens (tertiary/aromatic N) is 3. The highest BCUT2D eigenvalue weighted by Crippen LogP contribution is 2.18. The lowest BCUT2D eigenvalue weighted by molar-refractivity contribution is 0.0827. The summed E-state index contributed by atoms with van der Waals surface area (Å²) in [5.41, 5.74) is 3.05. The predicted octanol–water partition coefficient (Wildman–Crippen LogP) is 3.67. The van der Waals surface area contributed by atoms with Crippen molar-refractivity contribution in [3.05, 3.63) is 51.0 Å². The van der Waals surface area contributed by atoms with Gasteiger partial charge in [0.2, 0.25) is 0 Å². The van der Waals surface area contributed by atoms with Crippen LogP contribution in [0.2, 0.25) is 0 Å². The van der Waals surface area contributed by atoms with Crippen LogP contribution in [0.25, 0.3) is 0 Å². The zero-order chi connectivity index (χ0) is 21.2. The third kappa shape index (κ3) is 8.22. The molecule has 2 rings (SSSR count). The average molecular weight is 544 g/mol. The molecule has 0 aliphatic rings. The van der Waals surface area contributed by atoms with E-state index in [0.717, 1.165) is 54.4 Å². The highest BCUT2D eigenvalue weighted by molar-refractivity contribution is 14.0. The van der Waals surface area contributed by atoms with Crippen LogP contribution < -0.4 is 10.6 Å². The van der Waals surface area contributed by atoms with E-state index >= 15 is 0 Å². The summed E-state index contributed by atoms with van der Waals surface area (Å²) in [5, 5.41) is 7.82. The fourth-order valence-electron chi connectivity index (χ4n) is 2.97. The number of guanidine groups is 1. The first-order chi connectivity index (χ1) is 13.9. The third-order valence-electron chi connectivity index (χ3n) is 4.50. The van der Waals surface area contributed by atoms with Crippen molar-refractivity contribution in [3.8, 4) is 0 Å². The predicted molar refractivity (Wildman–Crippen MR) is 137 cm³/mol. The van der Waals surface area contributed by atoms with Crippen molar-refractivity contribution in [3.63, 3.8) is 0 Å². The number of nitrogens with one attached hydrogen (secondary N) is 2. The SMILES string of the molecule is CCNC(=NCCc1nc(CC)c(C)s1)NCCc1cccc(C(=O)N(C)C)c1.I. The molecular weight excluding hydrogens is 509 g/mol. The number of hydrogen-bond acceptors (Lipinski definition) is 4. The molecule has 0 radical (unpaired) electrons. The molecule has 0 unspecified atom stereocenters. The molecule has 0 bridgehead atoms. The molecule has 1 aromatic carbocycles. The van der Waals surface area contributed by atoms with Gasteiger partial charge in [-0.05, 0) is 44.4 Å². The van der Waals surface area contributed by atoms with Gasteiger partial charge in [-0.15, -0.1) is 35.3 Å². The molecule has 0 saturated heterocycles. The fourth-order valence-corrected chi connectivity index (χ4v) is 3.98. The van der Waals surface area contributed by atoms with E-state index < -0.39 is 0 Å². The van der Waals surface area contributed by atoms with Crippen molar-refractivity contribution in [1.82, 2.24) is 20.5 Å². The Morgan fingerprint density at radius 3 is 2.60 bits per heavy atom. The van der Waals surface area contributed by atoms with Crippen molar-refractivity contribution in [2.45, 2.75) is 40.0 Å². The number of carbonyl (C=O) groups excluding carboxylic acids is 1. The van der Waals surface area contributed by atoms with Gasteiger partial charge in [-0.3, -0.25) is 9.79 Å². The first kappa shape index (κ1) is 26.4. The smallest absolute Gasteiger partial charge is 0.253 e. The van der Waals surface area contributed by atoms with Crippen LogP contribution in [0.15, 0.2) is 29.3 Å². The number of carbonyl (C=O) groups is 1. The summed E-state index contributed by atoms with van der Waals surface area (Å²) in [6.45, 7) is 8.61. The van der Waals surface area contributed by atoms with E-state index in [0.29, 0.717) is 6.54 Å². The molecule has 0 spiro atoms. The monoisotopic (exact) mass is 543 g/mol. The Bertz CT molecular complexity index is 835. The van der Waals surface area contributed by atoms with Gasteiger partial charge < -0.3 is 15.5 Å². The molecule has 1 aromatic heterocycles. The number of rotatable bonds is 9. The first-order valence-corrected chi connectivity index (χ1v) is 11.0. The van der Waals surface area contributed by atoms with Gasteiger partial charge in [0.1, 0.15) is 0 Å². The number of thiazole rings is 1. The quantitative estimate of drug-likeness (QED) is 0.288. The van der Waals surface area contributed by atoms with Crippen LogP contribution in [0.5, 0.6) is 0 Å². The van der Waals surface area contributed by atoms with E-state index in [9.17, 15) is 4.79 Å². The maximum absolute atomic E-state index is 12.1. The summed E-state index contributed by atoms with van der Waals surface area (Å²) in [6, 6.07) is 7.81. The van der Waals surface area contributed by atoms with Crippen LogP contribution in [0.4, 0.5) is 0 Å². The number of aromatic nitrogens is 1. The van der Waals surface area contributed by atoms with Gasteiger partial charge in [0.25, 0.3) is 5.91 Å². The number of aliphatic imine (C=N–C) groups is 1. The molecule has 1 heterocycles. The Morgan fingerprint density at radius 1 is 1.20 bits per heavy atom. The third-order valence-corrected chi connectivity index (χ3v) is 5.57. The summed E-state index contributed by atoms with van der Waals surface area (Å²) in [5.74, 6) is 0.843. The minimum atomic E-state index is 0. The topological polar surface area (TPSA) is 69.6 Å². The molecule has 8 heteroatoms. The number of aryl methyl sites for hydroxylation is 2. The average Bonchev–Trinajstić information content (AvgIpc) is 3.07. The minimum Gasteiger partial charge on any atom is -0.357 e. The minimum absolute atomic E-state index is 0. The van der Waals surface area contributed by atoms with Gasteiger partial charge in [0, 0.05) is 50.6 Å². The molecule has 6 nitrogen and oxygen atoms in total. The fraction of sp³-hybridized carbons (Fsp3) is 0.500. The lowest BCUT2D eigenvalue weighted by Crippen LogP contribution is -2.38. The largest absolute Gasteiger partial charge is 0.357 e. The Morgan fingerprint density at radius 2 is 1.97 bits per heavy atom. The van der Waals surface area contributed by atoms with E-state index in [4.69, 9.17) is 0 Å². The number of halogens is 1. The van der Waals surface area contributed by atoms with Crippen molar-refractivity contribution in [1.29, 1.82) is 0 Å². The molecule has 1 amide bonds. The molecule has 0 fully saturated rings. The molecular formula is C22H34IN5OS. The molecule has 2 N–H and O–H groups in total. The summed E-state index contributed by atoms with van der Waals surface area (Å²) < 4.78 is 0. The van der Waals surface area contributed by atoms with E-state index in [1.165, 1.54) is 10.6 Å². The summed E-state index contributed by atoms with van der Waals surface area (Å²) in [7, 11) is 3.54. The van der Waals surface area contributed by atoms with E-state index in [1.807, 2.05) is 24.3 Å². The Kier molecular flexibility index (Phi) is 11.9. The van der Waals surface area contributed by atoms with Crippen LogP contribution >= 0.6 is 35.3 Å². The number of hydrogen-bond donors (Lipinski definition) is 2. The molecule has 166 valence electrons. The molecule has 0 atom stereocenters. The molecule has 2 aromatic rings. The van der Waals surface area contributed by atoms with Crippen molar-refractivity contribution >= 4 is 47.2 Å². The van der Waals surface area contributed by atoms with E-state index in [2.05, 4.69) is 41.4 Å². The first-order valence-electron chi connectivity index (χ1n) is 10.2. The zero-order valence-corrected chi connectivity index (χ0v) is 21.8. The Balaban J connectivity index is 0.00000450. The van der Waals surface area contributed by atoms with Crippen molar-refractivity contribution < 1.29 is 4.79 Å². The highest BCUT2D eigenvalue weighted by Gasteiger charge is 2.08. The lowest BCUT2D eigenvalue weighted by Gasteiger charge is -2.13. The van der Waals surface area contributed by atoms with Gasteiger partial charge in [0.15, 0.2) is 5.96 Å². The second-order valence-electron chi connectivity index (χ2n) is 7.05. The molecule has 0 aliphatic carbocycles. The van der Waals surface area contributed by atoms with Crippen LogP contribution in [0, 0.1) is 6.92 Å². The second kappa shape index (κ2) is 13.6. The highest BCUT2D eigenvalue weighted by atomic mass is 127. The maximum atomic E-state index is 12.1. The lowest BCUT2D eigenvalue weighted by atomic mass is 10.1. The van der Waals surface area contributed by atoms with E-state index in [-0.39, 0.29) is 29.9 Å². The summed E-state index contributed by atoms with van der Waals surface area (Å²) in [6.07, 6.45) is 2.67. The normalized spacial score (nSPS) is 11.0. The van der Waals surface area contributed by atoms with Crippen LogP contribution in [0.1, 0.15) is 45.3 Å². The molecule has 0 saturated carbocycles. The van der Waals surface area contributed by atoms with Crippen molar-refractivity contribution in [2.75, 3.05) is 33.7 Å². The summed E-state index contributed by atoms with van der Waals surface area (Å²) >= 11 is 1.77. The number of amides is 1. The van der Waals surface area contributed by atoms with Crippen LogP contribution in [0.3, 0.4) is 0 Å². The maximum Gasteiger partial charge on any atom is 0.253 e. The standard InChI is InChI=1S/C22H33N5OS.HI/c1-6-19-16(3)29-20(26-19)12-14-25-22(23-7-2)24-13-11-17-9-8-10-18(15-17)21(28)27(4)5;/h8-10,15H,6-7,11-14H2,1-5H3,(H2,23,24,25);1H.